The van der Waals surface area contributed by atoms with Crippen LogP contribution in [0, 0.1) is 0 Å². The maximum Gasteiger partial charge on any atom is 0.243 e. The van der Waals surface area contributed by atoms with Gasteiger partial charge in [0.05, 0.1) is 12.4 Å². The molecular formula is C7H10N6O2S. The lowest BCUT2D eigenvalue weighted by Gasteiger charge is -2.02. The quantitative estimate of drug-likeness (QED) is 0.557. The van der Waals surface area contributed by atoms with Crippen molar-refractivity contribution in [1.82, 2.24) is 25.1 Å². The number of aromatic amines is 2. The van der Waals surface area contributed by atoms with Gasteiger partial charge in [0.2, 0.25) is 10.0 Å². The van der Waals surface area contributed by atoms with Crippen molar-refractivity contribution in [1.29, 1.82) is 0 Å². The third-order valence-electron chi connectivity index (χ3n) is 1.99. The summed E-state index contributed by atoms with van der Waals surface area (Å²) in [5.74, 6) is 0.342. The summed E-state index contributed by atoms with van der Waals surface area (Å²) in [6.45, 7) is 0.0792. The summed E-state index contributed by atoms with van der Waals surface area (Å²) < 4.78 is 25.7. The first kappa shape index (κ1) is 10.6. The SMILES string of the molecule is Nc1[nH]ncc1CNS(=O)(=O)c1cn[nH]c1. The first-order valence-corrected chi connectivity index (χ1v) is 5.84. The molecule has 2 aromatic rings. The second-order valence-electron chi connectivity index (χ2n) is 3.07. The van der Waals surface area contributed by atoms with Gasteiger partial charge in [0.1, 0.15) is 10.7 Å². The van der Waals surface area contributed by atoms with Gasteiger partial charge in [-0.3, -0.25) is 10.2 Å². The Morgan fingerprint density at radius 2 is 2.19 bits per heavy atom. The van der Waals surface area contributed by atoms with E-state index in [-0.39, 0.29) is 11.4 Å². The number of nitrogens with one attached hydrogen (secondary N) is 3. The number of nitrogens with two attached hydrogens (primary N) is 1. The normalized spacial score (nSPS) is 11.8. The van der Waals surface area contributed by atoms with Crippen molar-refractivity contribution in [2.24, 2.45) is 0 Å². The smallest absolute Gasteiger partial charge is 0.243 e. The maximum atomic E-state index is 11.7. The van der Waals surface area contributed by atoms with Crippen molar-refractivity contribution in [3.8, 4) is 0 Å². The molecule has 0 spiro atoms. The molecule has 0 aliphatic carbocycles. The number of H-pyrrole nitrogens is 2. The molecule has 86 valence electrons. The molecule has 2 rings (SSSR count). The predicted octanol–water partition coefficient (Wildman–Crippen LogP) is -0.807. The van der Waals surface area contributed by atoms with Crippen molar-refractivity contribution in [3.05, 3.63) is 24.2 Å². The molecule has 5 N–H and O–H groups in total. The molecule has 0 fully saturated rings. The first-order chi connectivity index (χ1) is 7.59. The molecule has 0 saturated carbocycles. The second kappa shape index (κ2) is 3.94. The zero-order chi connectivity index (χ0) is 11.6. The fraction of sp³-hybridized carbons (Fsp3) is 0.143. The Kier molecular flexibility index (Phi) is 2.62. The van der Waals surface area contributed by atoms with Crippen LogP contribution in [0.1, 0.15) is 5.56 Å². The molecule has 8 nitrogen and oxygen atoms in total. The second-order valence-corrected chi connectivity index (χ2v) is 4.83. The molecule has 0 aromatic carbocycles. The average molecular weight is 242 g/mol. The molecule has 0 bridgehead atoms. The lowest BCUT2D eigenvalue weighted by molar-refractivity contribution is 0.581. The minimum absolute atomic E-state index is 0.0783. The Labute approximate surface area is 91.3 Å². The van der Waals surface area contributed by atoms with Crippen molar-refractivity contribution >= 4 is 15.8 Å². The van der Waals surface area contributed by atoms with Crippen LogP contribution in [0.4, 0.5) is 5.82 Å². The van der Waals surface area contributed by atoms with E-state index in [0.29, 0.717) is 11.4 Å². The van der Waals surface area contributed by atoms with E-state index < -0.39 is 10.0 Å². The largest absolute Gasteiger partial charge is 0.384 e. The standard InChI is InChI=1S/C7H10N6O2S/c8-7-5(1-11-13-7)2-12-16(14,15)6-3-9-10-4-6/h1,3-4,12H,2H2,(H,9,10)(H3,8,11,13). The molecule has 0 amide bonds. The number of hydrogen-bond acceptors (Lipinski definition) is 5. The zero-order valence-electron chi connectivity index (χ0n) is 8.14. The topological polar surface area (TPSA) is 130 Å². The first-order valence-electron chi connectivity index (χ1n) is 4.36. The number of rotatable bonds is 4. The molecule has 0 aliphatic rings. The Morgan fingerprint density at radius 1 is 1.38 bits per heavy atom. The van der Waals surface area contributed by atoms with Crippen LogP contribution in [0.3, 0.4) is 0 Å². The predicted molar refractivity (Wildman–Crippen MR) is 55.6 cm³/mol. The van der Waals surface area contributed by atoms with Crippen LogP contribution >= 0.6 is 0 Å². The van der Waals surface area contributed by atoms with Crippen LogP contribution in [0.25, 0.3) is 0 Å². The van der Waals surface area contributed by atoms with Gasteiger partial charge in [-0.15, -0.1) is 0 Å². The highest BCUT2D eigenvalue weighted by Crippen LogP contribution is 2.09. The molecule has 0 radical (unpaired) electrons. The van der Waals surface area contributed by atoms with Gasteiger partial charge in [0.15, 0.2) is 0 Å². The van der Waals surface area contributed by atoms with Crippen molar-refractivity contribution in [3.63, 3.8) is 0 Å². The number of nitrogen functional groups attached to an aromatic ring is 1. The minimum atomic E-state index is -3.55. The van der Waals surface area contributed by atoms with Gasteiger partial charge in [0.25, 0.3) is 0 Å². The van der Waals surface area contributed by atoms with Crippen LogP contribution in [0.2, 0.25) is 0 Å². The molecule has 2 heterocycles. The van der Waals surface area contributed by atoms with Gasteiger partial charge < -0.3 is 5.73 Å². The fourth-order valence-corrected chi connectivity index (χ4v) is 2.02. The van der Waals surface area contributed by atoms with E-state index in [2.05, 4.69) is 25.1 Å². The Balaban J connectivity index is 2.09. The Morgan fingerprint density at radius 3 is 2.75 bits per heavy atom. The summed E-state index contributed by atoms with van der Waals surface area (Å²) in [6.07, 6.45) is 3.98. The summed E-state index contributed by atoms with van der Waals surface area (Å²) in [5.41, 5.74) is 6.11. The third-order valence-corrected chi connectivity index (χ3v) is 3.36. The van der Waals surface area contributed by atoms with Crippen molar-refractivity contribution < 1.29 is 8.42 Å². The Bertz CT molecular complexity index is 557. The van der Waals surface area contributed by atoms with Crippen molar-refractivity contribution in [2.75, 3.05) is 5.73 Å². The summed E-state index contributed by atoms with van der Waals surface area (Å²) in [4.78, 5) is 0.0783. The van der Waals surface area contributed by atoms with Gasteiger partial charge in [-0.1, -0.05) is 0 Å². The molecule has 0 aliphatic heterocycles. The van der Waals surface area contributed by atoms with E-state index in [0.717, 1.165) is 0 Å². The van der Waals surface area contributed by atoms with E-state index in [9.17, 15) is 8.42 Å². The van der Waals surface area contributed by atoms with E-state index >= 15 is 0 Å². The van der Waals surface area contributed by atoms with Crippen LogP contribution < -0.4 is 10.5 Å². The highest BCUT2D eigenvalue weighted by molar-refractivity contribution is 7.89. The van der Waals surface area contributed by atoms with Crippen LogP contribution in [-0.4, -0.2) is 28.8 Å². The number of nitrogens with zero attached hydrogens (tertiary/aromatic N) is 2. The zero-order valence-corrected chi connectivity index (χ0v) is 8.95. The molecule has 0 atom stereocenters. The maximum absolute atomic E-state index is 11.7. The molecule has 2 aromatic heterocycles. The molecule has 0 saturated heterocycles. The third kappa shape index (κ3) is 2.04. The fourth-order valence-electron chi connectivity index (χ4n) is 1.10. The monoisotopic (exact) mass is 242 g/mol. The van der Waals surface area contributed by atoms with Gasteiger partial charge in [-0.25, -0.2) is 13.1 Å². The lowest BCUT2D eigenvalue weighted by Crippen LogP contribution is -2.23. The van der Waals surface area contributed by atoms with Gasteiger partial charge in [-0.05, 0) is 0 Å². The van der Waals surface area contributed by atoms with E-state index in [1.54, 1.807) is 0 Å². The summed E-state index contributed by atoms with van der Waals surface area (Å²) in [5, 5.41) is 12.2. The minimum Gasteiger partial charge on any atom is -0.384 e. The average Bonchev–Trinajstić information content (AvgIpc) is 2.85. The van der Waals surface area contributed by atoms with Gasteiger partial charge in [-0.2, -0.15) is 10.2 Å². The number of sulfonamides is 1. The molecular weight excluding hydrogens is 232 g/mol. The van der Waals surface area contributed by atoms with Gasteiger partial charge in [0, 0.05) is 18.3 Å². The summed E-state index contributed by atoms with van der Waals surface area (Å²) in [6, 6.07) is 0. The van der Waals surface area contributed by atoms with Crippen LogP contribution in [0.5, 0.6) is 0 Å². The number of anilines is 1. The van der Waals surface area contributed by atoms with E-state index in [4.69, 9.17) is 5.73 Å². The molecule has 16 heavy (non-hydrogen) atoms. The van der Waals surface area contributed by atoms with E-state index in [1.807, 2.05) is 0 Å². The number of aromatic nitrogens is 4. The van der Waals surface area contributed by atoms with Gasteiger partial charge >= 0.3 is 0 Å². The summed E-state index contributed by atoms with van der Waals surface area (Å²) >= 11 is 0. The van der Waals surface area contributed by atoms with Crippen molar-refractivity contribution in [2.45, 2.75) is 11.4 Å². The summed E-state index contributed by atoms with van der Waals surface area (Å²) in [7, 11) is -3.55. The highest BCUT2D eigenvalue weighted by Gasteiger charge is 2.15. The molecule has 0 unspecified atom stereocenters. The molecule has 9 heteroatoms. The Hall–Kier alpha value is -1.87. The number of hydrogen-bond donors (Lipinski definition) is 4. The lowest BCUT2D eigenvalue weighted by atomic mass is 10.3. The highest BCUT2D eigenvalue weighted by atomic mass is 32.2. The van der Waals surface area contributed by atoms with Crippen LogP contribution in [0.15, 0.2) is 23.5 Å². The van der Waals surface area contributed by atoms with E-state index in [1.165, 1.54) is 18.6 Å². The van der Waals surface area contributed by atoms with Crippen LogP contribution in [-0.2, 0) is 16.6 Å².